The fourth-order valence-electron chi connectivity index (χ4n) is 2.12. The summed E-state index contributed by atoms with van der Waals surface area (Å²) in [6, 6.07) is 5.76. The van der Waals surface area contributed by atoms with Gasteiger partial charge in [0, 0.05) is 23.0 Å². The number of aromatic nitrogens is 2. The Bertz CT molecular complexity index is 669. The van der Waals surface area contributed by atoms with E-state index in [2.05, 4.69) is 15.3 Å². The molecule has 5 nitrogen and oxygen atoms in total. The van der Waals surface area contributed by atoms with E-state index < -0.39 is 0 Å². The van der Waals surface area contributed by atoms with Gasteiger partial charge in [0.15, 0.2) is 11.5 Å². The Morgan fingerprint density at radius 3 is 2.41 bits per heavy atom. The first-order valence-corrected chi connectivity index (χ1v) is 7.34. The maximum atomic E-state index is 5.72. The van der Waals surface area contributed by atoms with Crippen molar-refractivity contribution in [3.63, 3.8) is 0 Å². The number of aryl methyl sites for hydroxylation is 2. The van der Waals surface area contributed by atoms with Gasteiger partial charge in [-0.25, -0.2) is 9.97 Å². The molecule has 0 radical (unpaired) electrons. The van der Waals surface area contributed by atoms with Crippen LogP contribution >= 0.6 is 0 Å². The first-order chi connectivity index (χ1) is 10.4. The predicted octanol–water partition coefficient (Wildman–Crippen LogP) is 3.94. The minimum absolute atomic E-state index is 0.0992. The summed E-state index contributed by atoms with van der Waals surface area (Å²) in [5.74, 6) is 2.98. The molecule has 0 amide bonds. The van der Waals surface area contributed by atoms with E-state index in [4.69, 9.17) is 9.47 Å². The van der Waals surface area contributed by atoms with Crippen LogP contribution in [0.1, 0.15) is 30.9 Å². The summed E-state index contributed by atoms with van der Waals surface area (Å²) in [7, 11) is 1.64. The first kappa shape index (κ1) is 16.1. The molecule has 0 aliphatic heterocycles. The van der Waals surface area contributed by atoms with Gasteiger partial charge in [0.1, 0.15) is 11.6 Å². The van der Waals surface area contributed by atoms with Crippen molar-refractivity contribution in [2.24, 2.45) is 0 Å². The summed E-state index contributed by atoms with van der Waals surface area (Å²) in [5, 5.41) is 3.32. The summed E-state index contributed by atoms with van der Waals surface area (Å²) < 4.78 is 11.1. The van der Waals surface area contributed by atoms with Crippen molar-refractivity contribution in [1.82, 2.24) is 9.97 Å². The highest BCUT2D eigenvalue weighted by Crippen LogP contribution is 2.32. The number of hydrogen-bond acceptors (Lipinski definition) is 5. The van der Waals surface area contributed by atoms with Gasteiger partial charge < -0.3 is 14.8 Å². The van der Waals surface area contributed by atoms with E-state index in [-0.39, 0.29) is 6.10 Å². The molecule has 2 rings (SSSR count). The van der Waals surface area contributed by atoms with E-state index in [9.17, 15) is 0 Å². The second-order valence-corrected chi connectivity index (χ2v) is 5.49. The van der Waals surface area contributed by atoms with Crippen molar-refractivity contribution in [1.29, 1.82) is 0 Å². The Morgan fingerprint density at radius 1 is 1.05 bits per heavy atom. The molecule has 5 heteroatoms. The monoisotopic (exact) mass is 301 g/mol. The smallest absolute Gasteiger partial charge is 0.162 e. The van der Waals surface area contributed by atoms with Gasteiger partial charge in [0.2, 0.25) is 0 Å². The third-order valence-electron chi connectivity index (χ3n) is 3.29. The van der Waals surface area contributed by atoms with Crippen LogP contribution in [0.4, 0.5) is 11.5 Å². The van der Waals surface area contributed by atoms with Crippen LogP contribution in [0.15, 0.2) is 18.2 Å². The zero-order chi connectivity index (χ0) is 16.3. The number of nitrogens with one attached hydrogen (secondary N) is 1. The quantitative estimate of drug-likeness (QED) is 0.906. The Labute approximate surface area is 131 Å². The van der Waals surface area contributed by atoms with Gasteiger partial charge in [-0.05, 0) is 46.8 Å². The fraction of sp³-hybridized carbons (Fsp3) is 0.412. The highest BCUT2D eigenvalue weighted by Gasteiger charge is 2.10. The molecule has 0 saturated heterocycles. The van der Waals surface area contributed by atoms with E-state index in [1.807, 2.05) is 52.8 Å². The SMILES string of the molecule is COc1cc(Nc2nc(C)nc(C)c2C)ccc1OC(C)C. The molecule has 0 atom stereocenters. The predicted molar refractivity (Wildman–Crippen MR) is 88.3 cm³/mol. The maximum Gasteiger partial charge on any atom is 0.162 e. The molecule has 1 aromatic carbocycles. The van der Waals surface area contributed by atoms with E-state index in [1.165, 1.54) is 0 Å². The molecular weight excluding hydrogens is 278 g/mol. The van der Waals surface area contributed by atoms with Crippen LogP contribution in [0.3, 0.4) is 0 Å². The van der Waals surface area contributed by atoms with Gasteiger partial charge in [-0.15, -0.1) is 0 Å². The van der Waals surface area contributed by atoms with Crippen LogP contribution in [0.2, 0.25) is 0 Å². The molecule has 1 heterocycles. The number of nitrogens with zero attached hydrogens (tertiary/aromatic N) is 2. The Kier molecular flexibility index (Phi) is 4.85. The minimum atomic E-state index is 0.0992. The molecule has 0 bridgehead atoms. The van der Waals surface area contributed by atoms with E-state index in [1.54, 1.807) is 7.11 Å². The third kappa shape index (κ3) is 3.67. The van der Waals surface area contributed by atoms with Crippen LogP contribution in [0, 0.1) is 20.8 Å². The number of ether oxygens (including phenoxy) is 2. The Morgan fingerprint density at radius 2 is 1.77 bits per heavy atom. The van der Waals surface area contributed by atoms with Gasteiger partial charge in [0.05, 0.1) is 13.2 Å². The average Bonchev–Trinajstić information content (AvgIpc) is 2.45. The van der Waals surface area contributed by atoms with Crippen molar-refractivity contribution in [2.75, 3.05) is 12.4 Å². The summed E-state index contributed by atoms with van der Waals surface area (Å²) in [6.45, 7) is 9.85. The number of benzene rings is 1. The third-order valence-corrected chi connectivity index (χ3v) is 3.29. The molecule has 0 unspecified atom stereocenters. The van der Waals surface area contributed by atoms with Crippen molar-refractivity contribution in [2.45, 2.75) is 40.7 Å². The molecule has 0 fully saturated rings. The van der Waals surface area contributed by atoms with Crippen LogP contribution in [0.5, 0.6) is 11.5 Å². The molecule has 0 saturated carbocycles. The highest BCUT2D eigenvalue weighted by molar-refractivity contribution is 5.63. The molecule has 0 aliphatic rings. The molecule has 118 valence electrons. The van der Waals surface area contributed by atoms with Crippen molar-refractivity contribution >= 4 is 11.5 Å². The second-order valence-electron chi connectivity index (χ2n) is 5.49. The summed E-state index contributed by atoms with van der Waals surface area (Å²) in [6.07, 6.45) is 0.0992. The van der Waals surface area contributed by atoms with E-state index in [0.29, 0.717) is 5.75 Å². The van der Waals surface area contributed by atoms with E-state index >= 15 is 0 Å². The van der Waals surface area contributed by atoms with Crippen LogP contribution in [-0.4, -0.2) is 23.2 Å². The molecule has 0 spiro atoms. The van der Waals surface area contributed by atoms with Crippen molar-refractivity contribution in [3.8, 4) is 11.5 Å². The average molecular weight is 301 g/mol. The zero-order valence-electron chi connectivity index (χ0n) is 14.0. The zero-order valence-corrected chi connectivity index (χ0v) is 14.0. The van der Waals surface area contributed by atoms with Gasteiger partial charge in [-0.1, -0.05) is 0 Å². The largest absolute Gasteiger partial charge is 0.493 e. The standard InChI is InChI=1S/C17H23N3O2/c1-10(2)22-15-8-7-14(9-16(15)21-6)20-17-11(3)12(4)18-13(5)19-17/h7-10H,1-6H3,(H,18,19,20). The van der Waals surface area contributed by atoms with Crippen LogP contribution in [0.25, 0.3) is 0 Å². The van der Waals surface area contributed by atoms with E-state index in [0.717, 1.165) is 34.3 Å². The number of rotatable bonds is 5. The molecule has 1 aromatic heterocycles. The molecule has 2 aromatic rings. The number of hydrogen-bond donors (Lipinski definition) is 1. The minimum Gasteiger partial charge on any atom is -0.493 e. The highest BCUT2D eigenvalue weighted by atomic mass is 16.5. The number of methoxy groups -OCH3 is 1. The first-order valence-electron chi connectivity index (χ1n) is 7.34. The number of anilines is 2. The van der Waals surface area contributed by atoms with Gasteiger partial charge >= 0.3 is 0 Å². The van der Waals surface area contributed by atoms with Gasteiger partial charge in [-0.2, -0.15) is 0 Å². The normalized spacial score (nSPS) is 10.7. The lowest BCUT2D eigenvalue weighted by molar-refractivity contribution is 0.230. The fourth-order valence-corrected chi connectivity index (χ4v) is 2.12. The summed E-state index contributed by atoms with van der Waals surface area (Å²) in [4.78, 5) is 8.82. The lowest BCUT2D eigenvalue weighted by Gasteiger charge is -2.16. The topological polar surface area (TPSA) is 56.3 Å². The summed E-state index contributed by atoms with van der Waals surface area (Å²) in [5.41, 5.74) is 2.90. The maximum absolute atomic E-state index is 5.72. The second kappa shape index (κ2) is 6.64. The van der Waals surface area contributed by atoms with Crippen LogP contribution in [-0.2, 0) is 0 Å². The lowest BCUT2D eigenvalue weighted by Crippen LogP contribution is -2.07. The van der Waals surface area contributed by atoms with Gasteiger partial charge in [0.25, 0.3) is 0 Å². The Balaban J connectivity index is 2.31. The summed E-state index contributed by atoms with van der Waals surface area (Å²) >= 11 is 0. The molecular formula is C17H23N3O2. The molecule has 22 heavy (non-hydrogen) atoms. The lowest BCUT2D eigenvalue weighted by atomic mass is 10.2. The molecule has 0 aliphatic carbocycles. The van der Waals surface area contributed by atoms with Crippen molar-refractivity contribution < 1.29 is 9.47 Å². The van der Waals surface area contributed by atoms with Crippen LogP contribution < -0.4 is 14.8 Å². The Hall–Kier alpha value is -2.30. The van der Waals surface area contributed by atoms with Crippen molar-refractivity contribution in [3.05, 3.63) is 35.3 Å². The van der Waals surface area contributed by atoms with Gasteiger partial charge in [-0.3, -0.25) is 0 Å². The molecule has 1 N–H and O–H groups in total.